The highest BCUT2D eigenvalue weighted by atomic mass is 32.1. The summed E-state index contributed by atoms with van der Waals surface area (Å²) in [5, 5.41) is 10.5. The molecule has 0 bridgehead atoms. The lowest BCUT2D eigenvalue weighted by Gasteiger charge is -2.19. The fourth-order valence-corrected chi connectivity index (χ4v) is 2.24. The van der Waals surface area contributed by atoms with Gasteiger partial charge in [-0.15, -0.1) is 11.3 Å². The first kappa shape index (κ1) is 13.7. The van der Waals surface area contributed by atoms with E-state index in [9.17, 15) is 9.59 Å². The molecule has 17 heavy (non-hydrogen) atoms. The third kappa shape index (κ3) is 4.99. The number of carbonyl (C=O) groups is 2. The summed E-state index contributed by atoms with van der Waals surface area (Å²) < 4.78 is 0. The van der Waals surface area contributed by atoms with Crippen molar-refractivity contribution in [2.45, 2.75) is 32.7 Å². The highest BCUT2D eigenvalue weighted by Gasteiger charge is 2.12. The Labute approximate surface area is 105 Å². The van der Waals surface area contributed by atoms with Gasteiger partial charge in [-0.2, -0.15) is 0 Å². The Hall–Kier alpha value is -1.36. The van der Waals surface area contributed by atoms with E-state index in [2.05, 4.69) is 0 Å². The summed E-state index contributed by atoms with van der Waals surface area (Å²) in [7, 11) is 0. The van der Waals surface area contributed by atoms with Crippen LogP contribution in [0.3, 0.4) is 0 Å². The van der Waals surface area contributed by atoms with Gasteiger partial charge in [0.1, 0.15) is 0 Å². The highest BCUT2D eigenvalue weighted by Crippen LogP contribution is 2.13. The van der Waals surface area contributed by atoms with Crippen molar-refractivity contribution < 1.29 is 14.7 Å². The molecule has 1 rings (SSSR count). The van der Waals surface area contributed by atoms with Crippen LogP contribution in [0.1, 0.15) is 31.1 Å². The van der Waals surface area contributed by atoms with Crippen LogP contribution in [-0.4, -0.2) is 28.4 Å². The molecule has 0 saturated heterocycles. The number of aliphatic carboxylic acids is 1. The number of nitrogens with zero attached hydrogens (tertiary/aromatic N) is 1. The molecule has 0 aliphatic rings. The maximum Gasteiger partial charge on any atom is 0.303 e. The van der Waals surface area contributed by atoms with Crippen LogP contribution in [0.2, 0.25) is 0 Å². The van der Waals surface area contributed by atoms with E-state index in [1.807, 2.05) is 24.4 Å². The van der Waals surface area contributed by atoms with E-state index in [0.29, 0.717) is 25.9 Å². The fraction of sp³-hybridized carbons (Fsp3) is 0.500. The summed E-state index contributed by atoms with van der Waals surface area (Å²) in [4.78, 5) is 25.1. The van der Waals surface area contributed by atoms with Crippen LogP contribution in [0.5, 0.6) is 0 Å². The van der Waals surface area contributed by atoms with E-state index in [0.717, 1.165) is 4.88 Å². The molecule has 4 nitrogen and oxygen atoms in total. The molecule has 1 N–H and O–H groups in total. The Morgan fingerprint density at radius 1 is 1.41 bits per heavy atom. The Balaban J connectivity index is 2.38. The molecule has 0 atom stereocenters. The molecule has 0 unspecified atom stereocenters. The summed E-state index contributed by atoms with van der Waals surface area (Å²) in [6.45, 7) is 3.21. The molecule has 0 fully saturated rings. The topological polar surface area (TPSA) is 57.6 Å². The van der Waals surface area contributed by atoms with Crippen molar-refractivity contribution in [3.8, 4) is 0 Å². The van der Waals surface area contributed by atoms with Crippen LogP contribution in [0.25, 0.3) is 0 Å². The quantitative estimate of drug-likeness (QED) is 0.813. The van der Waals surface area contributed by atoms with Crippen LogP contribution < -0.4 is 0 Å². The van der Waals surface area contributed by atoms with Gasteiger partial charge in [-0.25, -0.2) is 0 Å². The zero-order valence-corrected chi connectivity index (χ0v) is 10.7. The number of carbonyl (C=O) groups excluding carboxylic acids is 1. The molecule has 0 saturated carbocycles. The van der Waals surface area contributed by atoms with Crippen LogP contribution in [-0.2, 0) is 16.1 Å². The maximum absolute atomic E-state index is 11.8. The van der Waals surface area contributed by atoms with E-state index in [1.54, 1.807) is 16.2 Å². The SMILES string of the molecule is CCN(Cc1cccs1)C(=O)CCCC(=O)O. The summed E-state index contributed by atoms with van der Waals surface area (Å²) in [6, 6.07) is 3.96. The van der Waals surface area contributed by atoms with Gasteiger partial charge in [0.25, 0.3) is 0 Å². The number of carboxylic acids is 1. The molecule has 94 valence electrons. The van der Waals surface area contributed by atoms with Gasteiger partial charge >= 0.3 is 5.97 Å². The summed E-state index contributed by atoms with van der Waals surface area (Å²) >= 11 is 1.62. The van der Waals surface area contributed by atoms with Gasteiger partial charge in [0.2, 0.25) is 5.91 Å². The molecule has 0 aliphatic carbocycles. The molecule has 0 radical (unpaired) electrons. The average molecular weight is 255 g/mol. The standard InChI is InChI=1S/C12H17NO3S/c1-2-13(9-10-5-4-8-17-10)11(14)6-3-7-12(15)16/h4-5,8H,2-3,6-7,9H2,1H3,(H,15,16). The lowest BCUT2D eigenvalue weighted by atomic mass is 10.2. The van der Waals surface area contributed by atoms with Crippen molar-refractivity contribution in [1.29, 1.82) is 0 Å². The van der Waals surface area contributed by atoms with Gasteiger partial charge in [0.05, 0.1) is 6.54 Å². The van der Waals surface area contributed by atoms with Gasteiger partial charge in [0, 0.05) is 24.3 Å². The molecule has 1 aromatic rings. The Kier molecular flexibility index (Phi) is 5.69. The van der Waals surface area contributed by atoms with Gasteiger partial charge in [-0.3, -0.25) is 9.59 Å². The number of thiophene rings is 1. The Morgan fingerprint density at radius 3 is 2.71 bits per heavy atom. The summed E-state index contributed by atoms with van der Waals surface area (Å²) in [5.74, 6) is -0.818. The lowest BCUT2D eigenvalue weighted by molar-refractivity contribution is -0.137. The van der Waals surface area contributed by atoms with Crippen molar-refractivity contribution >= 4 is 23.2 Å². The molecule has 0 aliphatic heterocycles. The Morgan fingerprint density at radius 2 is 2.18 bits per heavy atom. The van der Waals surface area contributed by atoms with Crippen LogP contribution in [0.15, 0.2) is 17.5 Å². The molecule has 1 heterocycles. The lowest BCUT2D eigenvalue weighted by Crippen LogP contribution is -2.29. The zero-order chi connectivity index (χ0) is 12.7. The van der Waals surface area contributed by atoms with E-state index in [-0.39, 0.29) is 12.3 Å². The molecule has 0 aromatic carbocycles. The van der Waals surface area contributed by atoms with Gasteiger partial charge in [-0.1, -0.05) is 6.07 Å². The second-order valence-corrected chi connectivity index (χ2v) is 4.77. The summed E-state index contributed by atoms with van der Waals surface area (Å²) in [6.07, 6.45) is 0.781. The number of carboxylic acid groups (broad SMARTS) is 1. The van der Waals surface area contributed by atoms with Crippen LogP contribution in [0.4, 0.5) is 0 Å². The van der Waals surface area contributed by atoms with Crippen molar-refractivity contribution in [3.05, 3.63) is 22.4 Å². The monoisotopic (exact) mass is 255 g/mol. The van der Waals surface area contributed by atoms with Crippen molar-refractivity contribution in [3.63, 3.8) is 0 Å². The number of amides is 1. The fourth-order valence-electron chi connectivity index (χ4n) is 1.52. The smallest absolute Gasteiger partial charge is 0.303 e. The predicted molar refractivity (Wildman–Crippen MR) is 66.9 cm³/mol. The first-order valence-electron chi connectivity index (χ1n) is 5.65. The van der Waals surface area contributed by atoms with E-state index >= 15 is 0 Å². The first-order valence-corrected chi connectivity index (χ1v) is 6.53. The summed E-state index contributed by atoms with van der Waals surface area (Å²) in [5.41, 5.74) is 0. The minimum absolute atomic E-state index is 0.0298. The molecule has 1 aromatic heterocycles. The number of hydrogen-bond acceptors (Lipinski definition) is 3. The molecular formula is C12H17NO3S. The van der Waals surface area contributed by atoms with Gasteiger partial charge in [0.15, 0.2) is 0 Å². The first-order chi connectivity index (χ1) is 8.13. The number of rotatable bonds is 7. The highest BCUT2D eigenvalue weighted by molar-refractivity contribution is 7.09. The largest absolute Gasteiger partial charge is 0.481 e. The second kappa shape index (κ2) is 7.06. The molecule has 5 heteroatoms. The third-order valence-electron chi connectivity index (χ3n) is 2.44. The third-order valence-corrected chi connectivity index (χ3v) is 3.30. The molecule has 0 spiro atoms. The van der Waals surface area contributed by atoms with Gasteiger partial charge in [-0.05, 0) is 24.8 Å². The van der Waals surface area contributed by atoms with Crippen molar-refractivity contribution in [2.75, 3.05) is 6.54 Å². The van der Waals surface area contributed by atoms with Crippen molar-refractivity contribution in [2.24, 2.45) is 0 Å². The maximum atomic E-state index is 11.8. The van der Waals surface area contributed by atoms with E-state index < -0.39 is 5.97 Å². The predicted octanol–water partition coefficient (Wildman–Crippen LogP) is 2.35. The number of hydrogen-bond donors (Lipinski definition) is 1. The van der Waals surface area contributed by atoms with Gasteiger partial charge < -0.3 is 10.0 Å². The molecule has 1 amide bonds. The minimum atomic E-state index is -0.848. The molecular weight excluding hydrogens is 238 g/mol. The van der Waals surface area contributed by atoms with E-state index in [4.69, 9.17) is 5.11 Å². The van der Waals surface area contributed by atoms with E-state index in [1.165, 1.54) is 0 Å². The zero-order valence-electron chi connectivity index (χ0n) is 9.89. The Bertz CT molecular complexity index is 362. The van der Waals surface area contributed by atoms with Crippen molar-refractivity contribution in [1.82, 2.24) is 4.90 Å². The second-order valence-electron chi connectivity index (χ2n) is 3.73. The normalized spacial score (nSPS) is 10.2. The van der Waals surface area contributed by atoms with Crippen LogP contribution >= 0.6 is 11.3 Å². The average Bonchev–Trinajstić information content (AvgIpc) is 2.77. The van der Waals surface area contributed by atoms with Crippen LogP contribution in [0, 0.1) is 0 Å². The minimum Gasteiger partial charge on any atom is -0.481 e.